The smallest absolute Gasteiger partial charge is 0.0131 e. The van der Waals surface area contributed by atoms with Gasteiger partial charge in [-0.05, 0) is 31.6 Å². The lowest BCUT2D eigenvalue weighted by Crippen LogP contribution is -2.43. The summed E-state index contributed by atoms with van der Waals surface area (Å²) in [5.74, 6) is 0. The molecule has 1 aliphatic rings. The van der Waals surface area contributed by atoms with Crippen LogP contribution in [0.3, 0.4) is 0 Å². The van der Waals surface area contributed by atoms with E-state index in [0.717, 1.165) is 0 Å². The molecule has 1 heteroatoms. The third-order valence-electron chi connectivity index (χ3n) is 2.48. The normalized spacial score (nSPS) is 39.6. The number of rotatable bonds is 0. The Morgan fingerprint density at radius 3 is 2.00 bits per heavy atom. The second kappa shape index (κ2) is 2.23. The van der Waals surface area contributed by atoms with E-state index in [1.54, 1.807) is 0 Å². The van der Waals surface area contributed by atoms with Gasteiger partial charge in [0.2, 0.25) is 0 Å². The van der Waals surface area contributed by atoms with Crippen molar-refractivity contribution in [1.82, 2.24) is 0 Å². The van der Waals surface area contributed by atoms with E-state index in [1.165, 1.54) is 25.7 Å². The van der Waals surface area contributed by atoms with Crippen molar-refractivity contribution in [3.8, 4) is 0 Å². The van der Waals surface area contributed by atoms with Gasteiger partial charge in [0, 0.05) is 5.54 Å². The van der Waals surface area contributed by atoms with Crippen LogP contribution < -0.4 is 5.73 Å². The highest BCUT2D eigenvalue weighted by atomic mass is 14.7. The molecule has 0 unspecified atom stereocenters. The SMILES string of the molecule is CC1(C)CCC[C@@](C)(N)C1. The van der Waals surface area contributed by atoms with Crippen LogP contribution >= 0.6 is 0 Å². The minimum absolute atomic E-state index is 0.113. The van der Waals surface area contributed by atoms with Crippen molar-refractivity contribution >= 4 is 0 Å². The summed E-state index contributed by atoms with van der Waals surface area (Å²) in [5.41, 5.74) is 6.65. The van der Waals surface area contributed by atoms with E-state index in [4.69, 9.17) is 5.73 Å². The molecule has 1 atom stereocenters. The van der Waals surface area contributed by atoms with E-state index in [2.05, 4.69) is 20.8 Å². The van der Waals surface area contributed by atoms with E-state index in [-0.39, 0.29) is 5.54 Å². The summed E-state index contributed by atoms with van der Waals surface area (Å²) in [5, 5.41) is 0. The number of nitrogens with two attached hydrogens (primary N) is 1. The highest BCUT2D eigenvalue weighted by molar-refractivity contribution is 4.90. The number of hydrogen-bond acceptors (Lipinski definition) is 1. The fourth-order valence-electron chi connectivity index (χ4n) is 2.24. The Bertz CT molecular complexity index is 111. The largest absolute Gasteiger partial charge is 0.325 e. The average molecular weight is 141 g/mol. The lowest BCUT2D eigenvalue weighted by molar-refractivity contribution is 0.164. The molecular formula is C9H19N. The van der Waals surface area contributed by atoms with Gasteiger partial charge in [-0.3, -0.25) is 0 Å². The van der Waals surface area contributed by atoms with Crippen LogP contribution in [0.25, 0.3) is 0 Å². The van der Waals surface area contributed by atoms with E-state index >= 15 is 0 Å². The molecule has 2 N–H and O–H groups in total. The Morgan fingerprint density at radius 1 is 1.10 bits per heavy atom. The van der Waals surface area contributed by atoms with Gasteiger partial charge >= 0.3 is 0 Å². The van der Waals surface area contributed by atoms with E-state index in [1.807, 2.05) is 0 Å². The van der Waals surface area contributed by atoms with Gasteiger partial charge in [0.1, 0.15) is 0 Å². The fraction of sp³-hybridized carbons (Fsp3) is 1.00. The third-order valence-corrected chi connectivity index (χ3v) is 2.48. The van der Waals surface area contributed by atoms with Gasteiger partial charge in [-0.15, -0.1) is 0 Å². The van der Waals surface area contributed by atoms with E-state index in [9.17, 15) is 0 Å². The standard InChI is InChI=1S/C9H19N/c1-8(2)5-4-6-9(3,10)7-8/h4-7,10H2,1-3H3/t9-/m1/s1. The van der Waals surface area contributed by atoms with Gasteiger partial charge in [-0.1, -0.05) is 20.3 Å². The molecule has 1 fully saturated rings. The zero-order valence-corrected chi connectivity index (χ0v) is 7.41. The maximum atomic E-state index is 6.05. The summed E-state index contributed by atoms with van der Waals surface area (Å²) >= 11 is 0. The molecule has 60 valence electrons. The predicted molar refractivity (Wildman–Crippen MR) is 44.8 cm³/mol. The first-order valence-electron chi connectivity index (χ1n) is 4.20. The van der Waals surface area contributed by atoms with Crippen molar-refractivity contribution in [2.45, 2.75) is 52.0 Å². The lowest BCUT2D eigenvalue weighted by Gasteiger charge is -2.40. The quantitative estimate of drug-likeness (QED) is 0.550. The topological polar surface area (TPSA) is 26.0 Å². The monoisotopic (exact) mass is 141 g/mol. The van der Waals surface area contributed by atoms with Crippen molar-refractivity contribution in [3.05, 3.63) is 0 Å². The second-order valence-corrected chi connectivity index (χ2v) is 4.85. The Hall–Kier alpha value is -0.0400. The zero-order valence-electron chi connectivity index (χ0n) is 7.41. The molecule has 0 aliphatic heterocycles. The van der Waals surface area contributed by atoms with Gasteiger partial charge in [0.25, 0.3) is 0 Å². The van der Waals surface area contributed by atoms with Crippen LogP contribution in [-0.2, 0) is 0 Å². The minimum atomic E-state index is 0.113. The van der Waals surface area contributed by atoms with Crippen LogP contribution in [-0.4, -0.2) is 5.54 Å². The van der Waals surface area contributed by atoms with Gasteiger partial charge in [0.15, 0.2) is 0 Å². The van der Waals surface area contributed by atoms with Crippen LogP contribution in [0.5, 0.6) is 0 Å². The molecule has 0 saturated heterocycles. The van der Waals surface area contributed by atoms with Crippen LogP contribution in [0.2, 0.25) is 0 Å². The van der Waals surface area contributed by atoms with Gasteiger partial charge in [-0.2, -0.15) is 0 Å². The zero-order chi connectivity index (χ0) is 7.83. The first-order valence-corrected chi connectivity index (χ1v) is 4.20. The Kier molecular flexibility index (Phi) is 1.80. The first kappa shape index (κ1) is 8.06. The highest BCUT2D eigenvalue weighted by Crippen LogP contribution is 2.39. The summed E-state index contributed by atoms with van der Waals surface area (Å²) < 4.78 is 0. The van der Waals surface area contributed by atoms with Gasteiger partial charge in [-0.25, -0.2) is 0 Å². The van der Waals surface area contributed by atoms with Crippen molar-refractivity contribution < 1.29 is 0 Å². The van der Waals surface area contributed by atoms with Crippen molar-refractivity contribution in [3.63, 3.8) is 0 Å². The Labute approximate surface area is 64.0 Å². The van der Waals surface area contributed by atoms with Crippen molar-refractivity contribution in [2.24, 2.45) is 11.1 Å². The maximum Gasteiger partial charge on any atom is 0.0131 e. The predicted octanol–water partition coefficient (Wildman–Crippen LogP) is 2.30. The molecule has 0 spiro atoms. The molecule has 0 amide bonds. The van der Waals surface area contributed by atoms with Crippen molar-refractivity contribution in [2.75, 3.05) is 0 Å². The van der Waals surface area contributed by atoms with Gasteiger partial charge < -0.3 is 5.73 Å². The second-order valence-electron chi connectivity index (χ2n) is 4.85. The Balaban J connectivity index is 2.56. The Morgan fingerprint density at radius 2 is 1.70 bits per heavy atom. The summed E-state index contributed by atoms with van der Waals surface area (Å²) in [4.78, 5) is 0. The summed E-state index contributed by atoms with van der Waals surface area (Å²) in [6, 6.07) is 0. The molecule has 0 bridgehead atoms. The molecule has 1 aliphatic carbocycles. The van der Waals surface area contributed by atoms with Crippen LogP contribution in [0.1, 0.15) is 46.5 Å². The molecule has 1 saturated carbocycles. The lowest BCUT2D eigenvalue weighted by atomic mass is 9.69. The molecular weight excluding hydrogens is 122 g/mol. The molecule has 0 aromatic heterocycles. The molecule has 10 heavy (non-hydrogen) atoms. The van der Waals surface area contributed by atoms with Gasteiger partial charge in [0.05, 0.1) is 0 Å². The van der Waals surface area contributed by atoms with Crippen LogP contribution in [0.15, 0.2) is 0 Å². The molecule has 0 aromatic rings. The summed E-state index contributed by atoms with van der Waals surface area (Å²) in [6.45, 7) is 6.81. The molecule has 0 aromatic carbocycles. The average Bonchev–Trinajstić information content (AvgIpc) is 1.56. The van der Waals surface area contributed by atoms with Crippen LogP contribution in [0, 0.1) is 5.41 Å². The fourth-order valence-corrected chi connectivity index (χ4v) is 2.24. The highest BCUT2D eigenvalue weighted by Gasteiger charge is 2.33. The van der Waals surface area contributed by atoms with E-state index in [0.29, 0.717) is 5.41 Å². The van der Waals surface area contributed by atoms with Crippen molar-refractivity contribution in [1.29, 1.82) is 0 Å². The number of hydrogen-bond donors (Lipinski definition) is 1. The van der Waals surface area contributed by atoms with Crippen LogP contribution in [0.4, 0.5) is 0 Å². The van der Waals surface area contributed by atoms with E-state index < -0.39 is 0 Å². The summed E-state index contributed by atoms with van der Waals surface area (Å²) in [6.07, 6.45) is 5.04. The third kappa shape index (κ3) is 1.98. The maximum absolute atomic E-state index is 6.05. The summed E-state index contributed by atoms with van der Waals surface area (Å²) in [7, 11) is 0. The molecule has 0 heterocycles. The molecule has 1 nitrogen and oxygen atoms in total. The minimum Gasteiger partial charge on any atom is -0.325 e. The molecule has 0 radical (unpaired) electrons. The first-order chi connectivity index (χ1) is 4.41. The molecule has 1 rings (SSSR count).